The van der Waals surface area contributed by atoms with Gasteiger partial charge in [-0.05, 0) is 6.07 Å². The Bertz CT molecular complexity index is 616. The lowest BCUT2D eigenvalue weighted by Crippen LogP contribution is -2.89. The van der Waals surface area contributed by atoms with E-state index in [4.69, 9.17) is 11.6 Å². The van der Waals surface area contributed by atoms with Gasteiger partial charge in [0.25, 0.3) is 0 Å². The lowest BCUT2D eigenvalue weighted by atomic mass is 10.2. The van der Waals surface area contributed by atoms with Gasteiger partial charge in [-0.25, -0.2) is 12.7 Å². The first kappa shape index (κ1) is 16.3. The Morgan fingerprint density at radius 2 is 1.86 bits per heavy atom. The fraction of sp³-hybridized carbons (Fsp3) is 0.455. The second-order valence-corrected chi connectivity index (χ2v) is 6.47. The van der Waals surface area contributed by atoms with Gasteiger partial charge in [0, 0.05) is 10.6 Å². The minimum atomic E-state index is -4.73. The number of nitrogens with zero attached hydrogens (tertiary/aromatic N) is 2. The van der Waals surface area contributed by atoms with E-state index in [1.165, 1.54) is 6.07 Å². The van der Waals surface area contributed by atoms with Gasteiger partial charge in [0.05, 0.1) is 26.2 Å². The Morgan fingerprint density at radius 1 is 1.24 bits per heavy atom. The number of piperazine rings is 1. The molecule has 10 heteroatoms. The van der Waals surface area contributed by atoms with Gasteiger partial charge >= 0.3 is 6.18 Å². The van der Waals surface area contributed by atoms with Crippen molar-refractivity contribution in [3.63, 3.8) is 0 Å². The first-order valence-corrected chi connectivity index (χ1v) is 7.90. The third kappa shape index (κ3) is 3.79. The van der Waals surface area contributed by atoms with Crippen LogP contribution in [-0.4, -0.2) is 38.9 Å². The van der Waals surface area contributed by atoms with E-state index in [1.54, 1.807) is 0 Å². The standard InChI is InChI=1S/C11H12ClF3N3O2S/c12-9-3-1-2-8(11(13,14)15)10(9)17-21(19,20)18-6-4-16-5-7-18/h1-3,16H,4-7H2/q-1/p+1. The van der Waals surface area contributed by atoms with Crippen molar-refractivity contribution in [1.82, 2.24) is 4.31 Å². The predicted octanol–water partition coefficient (Wildman–Crippen LogP) is 1.49. The van der Waals surface area contributed by atoms with Crippen molar-refractivity contribution in [1.29, 1.82) is 0 Å². The average Bonchev–Trinajstić information content (AvgIpc) is 2.40. The third-order valence-electron chi connectivity index (χ3n) is 2.99. The molecule has 0 saturated carbocycles. The number of quaternary nitrogens is 1. The minimum absolute atomic E-state index is 0.206. The quantitative estimate of drug-likeness (QED) is 0.903. The molecule has 0 radical (unpaired) electrons. The molecule has 0 bridgehead atoms. The van der Waals surface area contributed by atoms with E-state index in [2.05, 4.69) is 4.72 Å². The molecule has 0 aliphatic carbocycles. The Labute approximate surface area is 125 Å². The molecule has 0 spiro atoms. The second-order valence-electron chi connectivity index (χ2n) is 4.47. The van der Waals surface area contributed by atoms with E-state index in [0.29, 0.717) is 13.1 Å². The van der Waals surface area contributed by atoms with Crippen LogP contribution in [0.4, 0.5) is 18.9 Å². The molecule has 118 valence electrons. The van der Waals surface area contributed by atoms with Gasteiger partial charge in [0.15, 0.2) is 10.2 Å². The summed E-state index contributed by atoms with van der Waals surface area (Å²) in [5.74, 6) is 0. The first-order chi connectivity index (χ1) is 9.72. The molecule has 1 aliphatic heterocycles. The van der Waals surface area contributed by atoms with Gasteiger partial charge in [-0.1, -0.05) is 29.4 Å². The zero-order valence-electron chi connectivity index (χ0n) is 10.8. The van der Waals surface area contributed by atoms with Crippen molar-refractivity contribution in [3.05, 3.63) is 33.5 Å². The molecule has 1 saturated heterocycles. The number of halogens is 4. The molecule has 0 atom stereocenters. The number of rotatable bonds is 3. The van der Waals surface area contributed by atoms with Crippen molar-refractivity contribution in [2.24, 2.45) is 0 Å². The van der Waals surface area contributed by atoms with Crippen LogP contribution in [0.25, 0.3) is 4.72 Å². The lowest BCUT2D eigenvalue weighted by Gasteiger charge is -2.34. The van der Waals surface area contributed by atoms with Crippen LogP contribution in [0.1, 0.15) is 5.56 Å². The fourth-order valence-corrected chi connectivity index (χ4v) is 3.45. The summed E-state index contributed by atoms with van der Waals surface area (Å²) in [5.41, 5.74) is -1.93. The highest BCUT2D eigenvalue weighted by Gasteiger charge is 2.32. The molecule has 1 heterocycles. The van der Waals surface area contributed by atoms with E-state index in [9.17, 15) is 21.6 Å². The van der Waals surface area contributed by atoms with Crippen LogP contribution >= 0.6 is 11.6 Å². The van der Waals surface area contributed by atoms with Crippen molar-refractivity contribution in [2.75, 3.05) is 26.2 Å². The van der Waals surface area contributed by atoms with Crippen LogP contribution < -0.4 is 5.32 Å². The maximum atomic E-state index is 12.9. The van der Waals surface area contributed by atoms with Gasteiger partial charge < -0.3 is 10.0 Å². The topological polar surface area (TPSA) is 68.1 Å². The monoisotopic (exact) mass is 343 g/mol. The predicted molar refractivity (Wildman–Crippen MR) is 71.6 cm³/mol. The van der Waals surface area contributed by atoms with Crippen molar-refractivity contribution in [2.45, 2.75) is 6.18 Å². The highest BCUT2D eigenvalue weighted by Crippen LogP contribution is 2.43. The Hall–Kier alpha value is -1.03. The fourth-order valence-electron chi connectivity index (χ4n) is 1.97. The maximum Gasteiger partial charge on any atom is 0.415 e. The van der Waals surface area contributed by atoms with E-state index in [1.807, 2.05) is 5.32 Å². The van der Waals surface area contributed by atoms with Crippen LogP contribution in [-0.2, 0) is 16.4 Å². The number of nitrogens with two attached hydrogens (primary N) is 1. The molecule has 1 aliphatic rings. The molecule has 1 aromatic rings. The van der Waals surface area contributed by atoms with Crippen LogP contribution in [0.3, 0.4) is 0 Å². The minimum Gasteiger partial charge on any atom is -0.562 e. The van der Waals surface area contributed by atoms with Crippen molar-refractivity contribution in [3.8, 4) is 0 Å². The molecule has 1 fully saturated rings. The molecular formula is C11H13ClF3N3O2S. The highest BCUT2D eigenvalue weighted by molar-refractivity contribution is 7.92. The van der Waals surface area contributed by atoms with Crippen LogP contribution in [0.15, 0.2) is 18.2 Å². The Balaban J connectivity index is 2.34. The lowest BCUT2D eigenvalue weighted by molar-refractivity contribution is -0.661. The summed E-state index contributed by atoms with van der Waals surface area (Å²) in [7, 11) is -4.19. The molecular weight excluding hydrogens is 331 g/mol. The SMILES string of the molecule is O=S(=O)([N-]c1c(Cl)cccc1C(F)(F)F)N1CC[NH2+]CC1. The van der Waals surface area contributed by atoms with Crippen molar-refractivity contribution >= 4 is 27.5 Å². The zero-order valence-corrected chi connectivity index (χ0v) is 12.3. The molecule has 0 aromatic heterocycles. The third-order valence-corrected chi connectivity index (χ3v) is 4.73. The first-order valence-electron chi connectivity index (χ1n) is 6.12. The summed E-state index contributed by atoms with van der Waals surface area (Å²) in [6.07, 6.45) is -4.73. The Kier molecular flexibility index (Phi) is 4.66. The smallest absolute Gasteiger partial charge is 0.415 e. The Morgan fingerprint density at radius 3 is 2.43 bits per heavy atom. The largest absolute Gasteiger partial charge is 0.562 e. The summed E-state index contributed by atoms with van der Waals surface area (Å²) in [5, 5.41) is 1.57. The van der Waals surface area contributed by atoms with Crippen LogP contribution in [0.2, 0.25) is 5.02 Å². The summed E-state index contributed by atoms with van der Waals surface area (Å²) in [6, 6.07) is 3.03. The second kappa shape index (κ2) is 5.99. The maximum absolute atomic E-state index is 12.9. The van der Waals surface area contributed by atoms with E-state index in [-0.39, 0.29) is 18.1 Å². The van der Waals surface area contributed by atoms with Crippen LogP contribution in [0.5, 0.6) is 0 Å². The highest BCUT2D eigenvalue weighted by atomic mass is 35.5. The van der Waals surface area contributed by atoms with Gasteiger partial charge in [-0.15, -0.1) is 0 Å². The molecule has 21 heavy (non-hydrogen) atoms. The molecule has 2 N–H and O–H groups in total. The molecule has 1 aromatic carbocycles. The van der Waals surface area contributed by atoms with E-state index >= 15 is 0 Å². The summed E-state index contributed by atoms with van der Waals surface area (Å²) in [4.78, 5) is 0. The number of benzene rings is 1. The number of hydrogen-bond donors (Lipinski definition) is 1. The summed E-state index contributed by atoms with van der Waals surface area (Å²) >= 11 is 5.70. The summed E-state index contributed by atoms with van der Waals surface area (Å²) in [6.45, 7) is 1.50. The molecule has 5 nitrogen and oxygen atoms in total. The molecule has 0 amide bonds. The van der Waals surface area contributed by atoms with Gasteiger partial charge in [0.2, 0.25) is 0 Å². The van der Waals surface area contributed by atoms with Gasteiger partial charge in [-0.3, -0.25) is 0 Å². The molecule has 2 rings (SSSR count). The number of alkyl halides is 3. The normalized spacial score (nSPS) is 17.7. The summed E-state index contributed by atoms with van der Waals surface area (Å²) < 4.78 is 67.3. The van der Waals surface area contributed by atoms with E-state index in [0.717, 1.165) is 16.4 Å². The van der Waals surface area contributed by atoms with E-state index < -0.39 is 27.6 Å². The van der Waals surface area contributed by atoms with Gasteiger partial charge in [0.1, 0.15) is 0 Å². The van der Waals surface area contributed by atoms with Gasteiger partial charge in [-0.2, -0.15) is 13.2 Å². The van der Waals surface area contributed by atoms with Crippen LogP contribution in [0, 0.1) is 0 Å². The molecule has 0 unspecified atom stereocenters. The number of hydrogen-bond acceptors (Lipinski definition) is 2. The zero-order chi connectivity index (χ0) is 15.7. The van der Waals surface area contributed by atoms with Crippen molar-refractivity contribution < 1.29 is 26.9 Å². The average molecular weight is 344 g/mol.